The van der Waals surface area contributed by atoms with Crippen LogP contribution < -0.4 is 0 Å². The topological polar surface area (TPSA) is 34.1 Å². The quantitative estimate of drug-likeness (QED) is 0.814. The first kappa shape index (κ1) is 13.9. The maximum absolute atomic E-state index is 13.0. The van der Waals surface area contributed by atoms with Gasteiger partial charge in [-0.25, -0.2) is 12.8 Å². The molecule has 2 nitrogen and oxygen atoms in total. The van der Waals surface area contributed by atoms with Crippen molar-refractivity contribution in [2.75, 3.05) is 6.26 Å². The van der Waals surface area contributed by atoms with Crippen LogP contribution in [0.3, 0.4) is 0 Å². The van der Waals surface area contributed by atoms with E-state index in [0.717, 1.165) is 5.56 Å². The van der Waals surface area contributed by atoms with E-state index in [0.29, 0.717) is 10.9 Å². The molecule has 0 aliphatic carbocycles. The Kier molecular flexibility index (Phi) is 4.13. The Bertz CT molecular complexity index is 692. The van der Waals surface area contributed by atoms with E-state index >= 15 is 0 Å². The van der Waals surface area contributed by atoms with Crippen molar-refractivity contribution in [2.24, 2.45) is 0 Å². The summed E-state index contributed by atoms with van der Waals surface area (Å²) in [4.78, 5) is 0. The highest BCUT2D eigenvalue weighted by Gasteiger charge is 2.09. The average molecular weight is 294 g/mol. The molecule has 2 aromatic carbocycles. The van der Waals surface area contributed by atoms with Gasteiger partial charge in [-0.15, -0.1) is 0 Å². The molecule has 0 atom stereocenters. The van der Waals surface area contributed by atoms with Crippen molar-refractivity contribution in [3.63, 3.8) is 0 Å². The minimum Gasteiger partial charge on any atom is -0.220 e. The molecular weight excluding hydrogens is 282 g/mol. The molecule has 0 spiro atoms. The molecule has 2 aromatic rings. The summed E-state index contributed by atoms with van der Waals surface area (Å²) in [6.45, 7) is 0. The molecule has 19 heavy (non-hydrogen) atoms. The predicted octanol–water partition coefficient (Wildman–Crippen LogP) is 3.30. The zero-order valence-electron chi connectivity index (χ0n) is 10.2. The minimum atomic E-state index is -3.19. The third-order valence-corrected chi connectivity index (χ3v) is 5.00. The molecule has 0 saturated heterocycles. The molecule has 0 fully saturated rings. The first-order chi connectivity index (χ1) is 8.96. The van der Waals surface area contributed by atoms with Gasteiger partial charge in [0.25, 0.3) is 0 Å². The van der Waals surface area contributed by atoms with Crippen molar-refractivity contribution in [3.8, 4) is 0 Å². The van der Waals surface area contributed by atoms with Crippen molar-refractivity contribution in [3.05, 3.63) is 71.5 Å². The van der Waals surface area contributed by atoms with Gasteiger partial charge in [0, 0.05) is 19.0 Å². The standard InChI is InChI=1S/C14H12FO2PS/c1-19(16,17)18-14(11-5-3-2-4-6-11)12-7-9-13(15)10-8-12/h2-10H,1H3. The highest BCUT2D eigenvalue weighted by Crippen LogP contribution is 2.21. The molecule has 5 heteroatoms. The van der Waals surface area contributed by atoms with Crippen molar-refractivity contribution in [2.45, 2.75) is 0 Å². The second-order valence-corrected chi connectivity index (χ2v) is 8.68. The van der Waals surface area contributed by atoms with E-state index < -0.39 is 9.46 Å². The summed E-state index contributed by atoms with van der Waals surface area (Å²) in [6.07, 6.45) is 1.18. The van der Waals surface area contributed by atoms with Crippen LogP contribution in [0.5, 0.6) is 0 Å². The lowest BCUT2D eigenvalue weighted by Crippen LogP contribution is -2.02. The summed E-state index contributed by atoms with van der Waals surface area (Å²) < 4.78 is 36.1. The molecule has 0 saturated carbocycles. The lowest BCUT2D eigenvalue weighted by Gasteiger charge is -2.07. The van der Waals surface area contributed by atoms with Gasteiger partial charge < -0.3 is 0 Å². The SMILES string of the molecule is CS(=O)(=O)P=C(c1ccccc1)c1ccc(F)cc1. The Morgan fingerprint density at radius 3 is 2.00 bits per heavy atom. The van der Waals surface area contributed by atoms with E-state index in [2.05, 4.69) is 0 Å². The molecule has 0 N–H and O–H groups in total. The number of hydrogen-bond donors (Lipinski definition) is 0. The first-order valence-electron chi connectivity index (χ1n) is 5.57. The number of halogens is 1. The Morgan fingerprint density at radius 2 is 1.47 bits per heavy atom. The summed E-state index contributed by atoms with van der Waals surface area (Å²) >= 11 is 0. The monoisotopic (exact) mass is 294 g/mol. The Balaban J connectivity index is 2.59. The van der Waals surface area contributed by atoms with E-state index in [1.54, 1.807) is 12.1 Å². The average Bonchev–Trinajstić information content (AvgIpc) is 2.37. The van der Waals surface area contributed by atoms with E-state index in [-0.39, 0.29) is 13.2 Å². The summed E-state index contributed by atoms with van der Waals surface area (Å²) in [5, 5.41) is 0.656. The van der Waals surface area contributed by atoms with Gasteiger partial charge in [0.1, 0.15) is 5.82 Å². The summed E-state index contributed by atoms with van der Waals surface area (Å²) in [7, 11) is -2.97. The Morgan fingerprint density at radius 1 is 0.947 bits per heavy atom. The van der Waals surface area contributed by atoms with Crippen molar-refractivity contribution in [1.82, 2.24) is 0 Å². The second kappa shape index (κ2) is 5.64. The Hall–Kier alpha value is -1.51. The lowest BCUT2D eigenvalue weighted by molar-refractivity contribution is 0.615. The maximum atomic E-state index is 13.0. The van der Waals surface area contributed by atoms with Crippen LogP contribution >= 0.6 is 7.41 Å². The third kappa shape index (κ3) is 3.98. The minimum absolute atomic E-state index is 0.216. The van der Waals surface area contributed by atoms with Crippen LogP contribution in [0.1, 0.15) is 11.1 Å². The van der Waals surface area contributed by atoms with Crippen molar-refractivity contribution < 1.29 is 12.8 Å². The van der Waals surface area contributed by atoms with Crippen LogP contribution in [0.25, 0.3) is 0 Å². The molecule has 0 aromatic heterocycles. The van der Waals surface area contributed by atoms with E-state index in [9.17, 15) is 12.8 Å². The summed E-state index contributed by atoms with van der Waals surface area (Å²) in [6, 6.07) is 15.1. The van der Waals surface area contributed by atoms with Crippen molar-refractivity contribution in [1.29, 1.82) is 0 Å². The van der Waals surface area contributed by atoms with Gasteiger partial charge in [0.05, 0.1) is 0 Å². The van der Waals surface area contributed by atoms with Gasteiger partial charge >= 0.3 is 0 Å². The van der Waals surface area contributed by atoms with Crippen LogP contribution in [0.4, 0.5) is 4.39 Å². The number of rotatable bonds is 3. The van der Waals surface area contributed by atoms with E-state index in [1.165, 1.54) is 18.4 Å². The fraction of sp³-hybridized carbons (Fsp3) is 0.0714. The Labute approximate surface area is 113 Å². The number of benzene rings is 2. The smallest absolute Gasteiger partial charge is 0.190 e. The second-order valence-electron chi connectivity index (χ2n) is 4.05. The molecule has 0 amide bonds. The molecule has 2 rings (SSSR count). The molecule has 0 aliphatic heterocycles. The largest absolute Gasteiger partial charge is 0.220 e. The van der Waals surface area contributed by atoms with Gasteiger partial charge in [-0.3, -0.25) is 0 Å². The fourth-order valence-corrected chi connectivity index (χ4v) is 4.11. The zero-order chi connectivity index (χ0) is 13.9. The van der Waals surface area contributed by atoms with Gasteiger partial charge in [-0.1, -0.05) is 42.5 Å². The third-order valence-electron chi connectivity index (χ3n) is 2.42. The highest BCUT2D eigenvalue weighted by molar-refractivity contribution is 8.42. The molecule has 0 heterocycles. The first-order valence-corrected chi connectivity index (χ1v) is 8.96. The number of hydrogen-bond acceptors (Lipinski definition) is 2. The molecule has 0 aliphatic rings. The molecular formula is C14H12FO2PS. The van der Waals surface area contributed by atoms with Gasteiger partial charge in [-0.05, 0) is 23.3 Å². The molecule has 0 unspecified atom stereocenters. The van der Waals surface area contributed by atoms with Crippen LogP contribution in [-0.4, -0.2) is 20.0 Å². The van der Waals surface area contributed by atoms with Crippen LogP contribution in [0.2, 0.25) is 0 Å². The van der Waals surface area contributed by atoms with Crippen molar-refractivity contribution >= 4 is 22.2 Å². The van der Waals surface area contributed by atoms with Gasteiger partial charge in [0.2, 0.25) is 0 Å². The maximum Gasteiger partial charge on any atom is 0.190 e. The molecule has 0 bridgehead atoms. The predicted molar refractivity (Wildman–Crippen MR) is 77.8 cm³/mol. The van der Waals surface area contributed by atoms with Crippen LogP contribution in [-0.2, 0) is 9.46 Å². The van der Waals surface area contributed by atoms with Gasteiger partial charge in [0.15, 0.2) is 9.46 Å². The van der Waals surface area contributed by atoms with E-state index in [4.69, 9.17) is 0 Å². The van der Waals surface area contributed by atoms with E-state index in [1.807, 2.05) is 30.3 Å². The fourth-order valence-electron chi connectivity index (χ4n) is 1.64. The van der Waals surface area contributed by atoms with Crippen LogP contribution in [0, 0.1) is 5.82 Å². The normalized spacial score (nSPS) is 12.4. The summed E-state index contributed by atoms with van der Waals surface area (Å²) in [5.41, 5.74) is 1.53. The molecule has 0 radical (unpaired) electrons. The zero-order valence-corrected chi connectivity index (χ0v) is 12.0. The highest BCUT2D eigenvalue weighted by atomic mass is 32.7. The summed E-state index contributed by atoms with van der Waals surface area (Å²) in [5.74, 6) is -0.341. The molecule has 98 valence electrons. The lowest BCUT2D eigenvalue weighted by atomic mass is 10.1. The van der Waals surface area contributed by atoms with Crippen LogP contribution in [0.15, 0.2) is 54.6 Å². The van der Waals surface area contributed by atoms with Gasteiger partial charge in [-0.2, -0.15) is 0 Å².